The lowest BCUT2D eigenvalue weighted by Crippen LogP contribution is -2.33. The van der Waals surface area contributed by atoms with Gasteiger partial charge in [0, 0.05) is 45.6 Å². The lowest BCUT2D eigenvalue weighted by atomic mass is 10.1. The quantitative estimate of drug-likeness (QED) is 0.736. The molecule has 2 aromatic rings. The van der Waals surface area contributed by atoms with E-state index in [4.69, 9.17) is 0 Å². The molecule has 0 bridgehead atoms. The van der Waals surface area contributed by atoms with Gasteiger partial charge in [0.25, 0.3) is 11.8 Å². The van der Waals surface area contributed by atoms with Crippen LogP contribution in [0.1, 0.15) is 59.1 Å². The first kappa shape index (κ1) is 20.0. The minimum absolute atomic E-state index is 0.0911. The highest BCUT2D eigenvalue weighted by atomic mass is 16.2. The van der Waals surface area contributed by atoms with E-state index in [0.717, 1.165) is 43.5 Å². The maximum atomic E-state index is 13.1. The molecule has 0 fully saturated rings. The van der Waals surface area contributed by atoms with Gasteiger partial charge < -0.3 is 14.4 Å². The minimum Gasteiger partial charge on any atom is -0.340 e. The van der Waals surface area contributed by atoms with Gasteiger partial charge in [0.05, 0.1) is 5.69 Å². The molecular formula is C21H29N5O2. The molecule has 0 radical (unpaired) electrons. The molecule has 0 spiro atoms. The summed E-state index contributed by atoms with van der Waals surface area (Å²) in [6.45, 7) is 6.52. The Bertz CT molecular complexity index is 827. The second-order valence-electron chi connectivity index (χ2n) is 7.15. The number of imidazole rings is 1. The molecule has 2 amide bonds. The number of carbonyl (C=O) groups is 2. The second kappa shape index (κ2) is 8.99. The number of fused-ring (bicyclic) bond motifs is 1. The summed E-state index contributed by atoms with van der Waals surface area (Å²) < 4.78 is 1.97. The number of likely N-dealkylation sites (N-methyl/N-ethyl adjacent to an activating group) is 1. The van der Waals surface area contributed by atoms with E-state index in [1.165, 1.54) is 0 Å². The van der Waals surface area contributed by atoms with Gasteiger partial charge >= 0.3 is 0 Å². The van der Waals surface area contributed by atoms with Gasteiger partial charge in [-0.2, -0.15) is 0 Å². The summed E-state index contributed by atoms with van der Waals surface area (Å²) in [6, 6.07) is 3.91. The maximum absolute atomic E-state index is 13.1. The number of rotatable bonds is 7. The van der Waals surface area contributed by atoms with Crippen LogP contribution >= 0.6 is 0 Å². The molecule has 7 nitrogen and oxygen atoms in total. The molecule has 28 heavy (non-hydrogen) atoms. The average molecular weight is 383 g/mol. The molecule has 0 atom stereocenters. The highest BCUT2D eigenvalue weighted by molar-refractivity contribution is 5.97. The molecule has 0 N–H and O–H groups in total. The topological polar surface area (TPSA) is 71.3 Å². The molecule has 0 saturated carbocycles. The molecule has 0 saturated heterocycles. The van der Waals surface area contributed by atoms with Gasteiger partial charge in [-0.25, -0.2) is 4.98 Å². The predicted octanol–water partition coefficient (Wildman–Crippen LogP) is 2.41. The average Bonchev–Trinajstić information content (AvgIpc) is 3.12. The van der Waals surface area contributed by atoms with Gasteiger partial charge in [-0.3, -0.25) is 14.6 Å². The number of nitrogens with zero attached hydrogens (tertiary/aromatic N) is 5. The summed E-state index contributed by atoms with van der Waals surface area (Å²) >= 11 is 0. The Morgan fingerprint density at radius 2 is 1.82 bits per heavy atom. The van der Waals surface area contributed by atoms with Gasteiger partial charge in [0.2, 0.25) is 0 Å². The predicted molar refractivity (Wildman–Crippen MR) is 107 cm³/mol. The lowest BCUT2D eigenvalue weighted by molar-refractivity contribution is 0.0754. The highest BCUT2D eigenvalue weighted by Crippen LogP contribution is 2.23. The number of aromatic nitrogens is 3. The number of pyridine rings is 1. The van der Waals surface area contributed by atoms with Crippen molar-refractivity contribution in [3.63, 3.8) is 0 Å². The largest absolute Gasteiger partial charge is 0.340 e. The van der Waals surface area contributed by atoms with Crippen LogP contribution in [0.3, 0.4) is 0 Å². The molecule has 3 rings (SSSR count). The fourth-order valence-electron chi connectivity index (χ4n) is 3.66. The number of hydrogen-bond acceptors (Lipinski definition) is 4. The van der Waals surface area contributed by atoms with Crippen molar-refractivity contribution in [2.75, 3.05) is 26.7 Å². The van der Waals surface area contributed by atoms with Crippen LogP contribution in [0, 0.1) is 0 Å². The molecule has 7 heteroatoms. The van der Waals surface area contributed by atoms with E-state index < -0.39 is 0 Å². The van der Waals surface area contributed by atoms with Gasteiger partial charge in [0.1, 0.15) is 5.69 Å². The van der Waals surface area contributed by atoms with Crippen molar-refractivity contribution in [2.24, 2.45) is 0 Å². The van der Waals surface area contributed by atoms with Crippen molar-refractivity contribution in [3.05, 3.63) is 47.3 Å². The van der Waals surface area contributed by atoms with E-state index in [2.05, 4.69) is 9.97 Å². The standard InChI is InChI=1S/C21H29N5O2/c1-4-25(5-2)21(28)19-23-18(17-8-6-7-14-26(17)19)20(27)24(3)15-11-16-9-12-22-13-10-16/h9-10,12-13H,4-8,11,14-15H2,1-3H3. The van der Waals surface area contributed by atoms with Crippen LogP contribution in [0.25, 0.3) is 0 Å². The number of amides is 2. The van der Waals surface area contributed by atoms with Crippen molar-refractivity contribution in [3.8, 4) is 0 Å². The van der Waals surface area contributed by atoms with Crippen molar-refractivity contribution in [1.29, 1.82) is 0 Å². The molecule has 0 aliphatic carbocycles. The van der Waals surface area contributed by atoms with Crippen molar-refractivity contribution >= 4 is 11.8 Å². The molecule has 1 aliphatic rings. The fraction of sp³-hybridized carbons (Fsp3) is 0.524. The first-order valence-electron chi connectivity index (χ1n) is 10.1. The van der Waals surface area contributed by atoms with Crippen molar-refractivity contribution in [1.82, 2.24) is 24.3 Å². The Labute approximate surface area is 166 Å². The molecule has 1 aliphatic heterocycles. The van der Waals surface area contributed by atoms with Crippen molar-refractivity contribution < 1.29 is 9.59 Å². The first-order chi connectivity index (χ1) is 13.6. The fourth-order valence-corrected chi connectivity index (χ4v) is 3.66. The third-order valence-corrected chi connectivity index (χ3v) is 5.39. The molecular weight excluding hydrogens is 354 g/mol. The SMILES string of the molecule is CCN(CC)C(=O)c1nc(C(=O)N(C)CCc2ccncc2)c2n1CCCC2. The summed E-state index contributed by atoms with van der Waals surface area (Å²) in [7, 11) is 1.80. The molecule has 0 aromatic carbocycles. The van der Waals surface area contributed by atoms with E-state index in [1.807, 2.05) is 30.5 Å². The Morgan fingerprint density at radius 1 is 1.11 bits per heavy atom. The molecule has 2 aromatic heterocycles. The Morgan fingerprint density at radius 3 is 2.50 bits per heavy atom. The first-order valence-corrected chi connectivity index (χ1v) is 10.1. The summed E-state index contributed by atoms with van der Waals surface area (Å²) in [5.74, 6) is 0.203. The van der Waals surface area contributed by atoms with Crippen LogP contribution in [-0.4, -0.2) is 62.8 Å². The maximum Gasteiger partial charge on any atom is 0.289 e. The van der Waals surface area contributed by atoms with Gasteiger partial charge in [-0.05, 0) is 57.2 Å². The van der Waals surface area contributed by atoms with E-state index >= 15 is 0 Å². The third kappa shape index (κ3) is 4.08. The number of hydrogen-bond donors (Lipinski definition) is 0. The van der Waals surface area contributed by atoms with Crippen LogP contribution in [0.15, 0.2) is 24.5 Å². The van der Waals surface area contributed by atoms with Crippen LogP contribution in [0.4, 0.5) is 0 Å². The molecule has 3 heterocycles. The summed E-state index contributed by atoms with van der Waals surface area (Å²) in [4.78, 5) is 38.0. The monoisotopic (exact) mass is 383 g/mol. The smallest absolute Gasteiger partial charge is 0.289 e. The zero-order chi connectivity index (χ0) is 20.1. The van der Waals surface area contributed by atoms with Crippen molar-refractivity contribution in [2.45, 2.75) is 46.1 Å². The molecule has 150 valence electrons. The third-order valence-electron chi connectivity index (χ3n) is 5.39. The van der Waals surface area contributed by atoms with E-state index in [-0.39, 0.29) is 11.8 Å². The van der Waals surface area contributed by atoms with Gasteiger partial charge in [-0.15, -0.1) is 0 Å². The van der Waals surface area contributed by atoms with Crippen LogP contribution in [0.2, 0.25) is 0 Å². The Hall–Kier alpha value is -2.70. The minimum atomic E-state index is -0.113. The zero-order valence-electron chi connectivity index (χ0n) is 17.0. The summed E-state index contributed by atoms with van der Waals surface area (Å²) in [6.07, 6.45) is 7.09. The number of carbonyl (C=O) groups excluding carboxylic acids is 2. The highest BCUT2D eigenvalue weighted by Gasteiger charge is 2.30. The summed E-state index contributed by atoms with van der Waals surface area (Å²) in [5.41, 5.74) is 2.48. The van der Waals surface area contributed by atoms with E-state index in [9.17, 15) is 9.59 Å². The second-order valence-corrected chi connectivity index (χ2v) is 7.15. The zero-order valence-corrected chi connectivity index (χ0v) is 17.0. The van der Waals surface area contributed by atoms with Crippen LogP contribution in [0.5, 0.6) is 0 Å². The lowest BCUT2D eigenvalue weighted by Gasteiger charge is -2.21. The Kier molecular flexibility index (Phi) is 6.44. The van der Waals surface area contributed by atoms with Gasteiger partial charge in [0.15, 0.2) is 5.82 Å². The molecule has 0 unspecified atom stereocenters. The normalized spacial score (nSPS) is 13.1. The van der Waals surface area contributed by atoms with E-state index in [1.54, 1.807) is 29.2 Å². The van der Waals surface area contributed by atoms with Gasteiger partial charge in [-0.1, -0.05) is 0 Å². The Balaban J connectivity index is 1.82. The van der Waals surface area contributed by atoms with E-state index in [0.29, 0.717) is 31.2 Å². The summed E-state index contributed by atoms with van der Waals surface area (Å²) in [5, 5.41) is 0. The van der Waals surface area contributed by atoms with Crippen LogP contribution < -0.4 is 0 Å². The van der Waals surface area contributed by atoms with Crippen LogP contribution in [-0.2, 0) is 19.4 Å².